The van der Waals surface area contributed by atoms with Crippen molar-refractivity contribution in [2.45, 2.75) is 45.1 Å². The maximum Gasteiger partial charge on any atom is 0.166 e. The van der Waals surface area contributed by atoms with Crippen molar-refractivity contribution in [1.82, 2.24) is 4.57 Å². The molecule has 0 aliphatic heterocycles. The maximum atomic E-state index is 11.3. The lowest BCUT2D eigenvalue weighted by Crippen LogP contribution is -2.14. The largest absolute Gasteiger partial charge is 0.338 e. The van der Waals surface area contributed by atoms with Crippen LogP contribution in [0.2, 0.25) is 5.02 Å². The van der Waals surface area contributed by atoms with Gasteiger partial charge in [0.25, 0.3) is 0 Å². The average molecular weight is 316 g/mol. The van der Waals surface area contributed by atoms with E-state index in [1.165, 1.54) is 43.4 Å². The van der Waals surface area contributed by atoms with Crippen LogP contribution in [0.25, 0.3) is 0 Å². The number of nitrogens with zero attached hydrogens (tertiary/aromatic N) is 1. The predicted octanol–water partition coefficient (Wildman–Crippen LogP) is 5.13. The molecule has 0 N–H and O–H groups in total. The summed E-state index contributed by atoms with van der Waals surface area (Å²) >= 11 is 5.95. The highest BCUT2D eigenvalue weighted by Crippen LogP contribution is 2.27. The molecule has 1 aliphatic carbocycles. The minimum absolute atomic E-state index is 0.736. The molecule has 0 spiro atoms. The molecule has 0 amide bonds. The standard InChI is InChI=1S/C19H22ClNO/c20-17-8-6-16(7-9-17)13-21-18(10-11-19(21)14-22)12-15-4-2-1-3-5-15/h6-11,14-15H,1-5,12-13H2. The van der Waals surface area contributed by atoms with Crippen LogP contribution in [0.15, 0.2) is 36.4 Å². The third kappa shape index (κ3) is 3.61. The van der Waals surface area contributed by atoms with Crippen molar-refractivity contribution in [3.8, 4) is 0 Å². The van der Waals surface area contributed by atoms with Gasteiger partial charge in [-0.05, 0) is 42.2 Å². The first-order valence-electron chi connectivity index (χ1n) is 8.14. The van der Waals surface area contributed by atoms with E-state index in [0.717, 1.165) is 35.9 Å². The van der Waals surface area contributed by atoms with Gasteiger partial charge in [0.1, 0.15) is 0 Å². The van der Waals surface area contributed by atoms with Gasteiger partial charge >= 0.3 is 0 Å². The van der Waals surface area contributed by atoms with Gasteiger partial charge in [0.05, 0.1) is 5.69 Å². The summed E-state index contributed by atoms with van der Waals surface area (Å²) in [6.45, 7) is 0.736. The molecule has 0 unspecified atom stereocenters. The minimum Gasteiger partial charge on any atom is -0.338 e. The Morgan fingerprint density at radius 2 is 1.77 bits per heavy atom. The zero-order valence-corrected chi connectivity index (χ0v) is 13.6. The van der Waals surface area contributed by atoms with Crippen molar-refractivity contribution in [3.63, 3.8) is 0 Å². The molecule has 2 aromatic rings. The van der Waals surface area contributed by atoms with Crippen LogP contribution in [0.1, 0.15) is 53.8 Å². The molecule has 22 heavy (non-hydrogen) atoms. The highest BCUT2D eigenvalue weighted by Gasteiger charge is 2.17. The van der Waals surface area contributed by atoms with E-state index in [-0.39, 0.29) is 0 Å². The number of rotatable bonds is 5. The number of aldehydes is 1. The molecule has 1 aliphatic rings. The van der Waals surface area contributed by atoms with E-state index in [4.69, 9.17) is 11.6 Å². The summed E-state index contributed by atoms with van der Waals surface area (Å²) in [7, 11) is 0. The van der Waals surface area contributed by atoms with E-state index in [1.807, 2.05) is 30.3 Å². The Balaban J connectivity index is 1.80. The van der Waals surface area contributed by atoms with Crippen LogP contribution < -0.4 is 0 Å². The number of hydrogen-bond donors (Lipinski definition) is 0. The first-order chi connectivity index (χ1) is 10.8. The Kier molecular flexibility index (Phi) is 4.99. The van der Waals surface area contributed by atoms with Crippen molar-refractivity contribution in [3.05, 3.63) is 58.4 Å². The molecular weight excluding hydrogens is 294 g/mol. The van der Waals surface area contributed by atoms with Crippen LogP contribution in [0, 0.1) is 5.92 Å². The van der Waals surface area contributed by atoms with E-state index >= 15 is 0 Å². The molecule has 116 valence electrons. The first kappa shape index (κ1) is 15.4. The Bertz CT molecular complexity index is 623. The van der Waals surface area contributed by atoms with Crippen LogP contribution in [0.3, 0.4) is 0 Å². The molecule has 0 saturated heterocycles. The molecule has 3 heteroatoms. The van der Waals surface area contributed by atoms with Gasteiger partial charge in [-0.25, -0.2) is 0 Å². The zero-order chi connectivity index (χ0) is 15.4. The maximum absolute atomic E-state index is 11.3. The van der Waals surface area contributed by atoms with Crippen molar-refractivity contribution in [2.24, 2.45) is 5.92 Å². The second-order valence-corrected chi connectivity index (χ2v) is 6.72. The normalized spacial score (nSPS) is 15.9. The van der Waals surface area contributed by atoms with Gasteiger partial charge in [0.2, 0.25) is 0 Å². The van der Waals surface area contributed by atoms with Gasteiger partial charge in [-0.1, -0.05) is 55.8 Å². The van der Waals surface area contributed by atoms with E-state index in [2.05, 4.69) is 10.6 Å². The SMILES string of the molecule is O=Cc1ccc(CC2CCCCC2)n1Cc1ccc(Cl)cc1. The van der Waals surface area contributed by atoms with Gasteiger partial charge < -0.3 is 4.57 Å². The third-order valence-corrected chi connectivity index (χ3v) is 4.95. The van der Waals surface area contributed by atoms with Crippen LogP contribution in [-0.2, 0) is 13.0 Å². The van der Waals surface area contributed by atoms with Gasteiger partial charge in [-0.3, -0.25) is 4.79 Å². The second-order valence-electron chi connectivity index (χ2n) is 6.29. The summed E-state index contributed by atoms with van der Waals surface area (Å²) in [6, 6.07) is 11.9. The molecule has 1 aromatic heterocycles. The van der Waals surface area contributed by atoms with Gasteiger partial charge in [0, 0.05) is 17.3 Å². The number of benzene rings is 1. The van der Waals surface area contributed by atoms with Crippen LogP contribution in [0.4, 0.5) is 0 Å². The fourth-order valence-corrected chi connectivity index (χ4v) is 3.59. The van der Waals surface area contributed by atoms with Crippen molar-refractivity contribution in [2.75, 3.05) is 0 Å². The fraction of sp³-hybridized carbons (Fsp3) is 0.421. The quantitative estimate of drug-likeness (QED) is 0.701. The van der Waals surface area contributed by atoms with Gasteiger partial charge in [0.15, 0.2) is 6.29 Å². The third-order valence-electron chi connectivity index (χ3n) is 4.70. The molecule has 3 rings (SSSR count). The summed E-state index contributed by atoms with van der Waals surface area (Å²) in [5.41, 5.74) is 3.22. The molecular formula is C19H22ClNO. The molecule has 0 bridgehead atoms. The summed E-state index contributed by atoms with van der Waals surface area (Å²) in [6.07, 6.45) is 8.76. The predicted molar refractivity (Wildman–Crippen MR) is 90.7 cm³/mol. The number of halogens is 1. The van der Waals surface area contributed by atoms with Crippen molar-refractivity contribution >= 4 is 17.9 Å². The lowest BCUT2D eigenvalue weighted by atomic mass is 9.86. The van der Waals surface area contributed by atoms with Crippen molar-refractivity contribution in [1.29, 1.82) is 0 Å². The van der Waals surface area contributed by atoms with Crippen molar-refractivity contribution < 1.29 is 4.79 Å². The summed E-state index contributed by atoms with van der Waals surface area (Å²) in [5, 5.41) is 0.745. The van der Waals surface area contributed by atoms with Crippen LogP contribution in [0.5, 0.6) is 0 Å². The Hall–Kier alpha value is -1.54. The molecule has 1 fully saturated rings. The molecule has 0 atom stereocenters. The lowest BCUT2D eigenvalue weighted by Gasteiger charge is -2.22. The summed E-state index contributed by atoms with van der Waals surface area (Å²) in [5.74, 6) is 0.770. The highest BCUT2D eigenvalue weighted by molar-refractivity contribution is 6.30. The molecule has 0 radical (unpaired) electrons. The molecule has 1 aromatic carbocycles. The molecule has 1 heterocycles. The van der Waals surface area contributed by atoms with E-state index in [0.29, 0.717) is 0 Å². The number of aromatic nitrogens is 1. The number of hydrogen-bond acceptors (Lipinski definition) is 1. The topological polar surface area (TPSA) is 22.0 Å². The van der Waals surface area contributed by atoms with E-state index in [1.54, 1.807) is 0 Å². The van der Waals surface area contributed by atoms with Gasteiger partial charge in [-0.2, -0.15) is 0 Å². The monoisotopic (exact) mass is 315 g/mol. The molecule has 1 saturated carbocycles. The van der Waals surface area contributed by atoms with E-state index < -0.39 is 0 Å². The van der Waals surface area contributed by atoms with Crippen LogP contribution in [-0.4, -0.2) is 10.9 Å². The smallest absolute Gasteiger partial charge is 0.166 e. The highest BCUT2D eigenvalue weighted by atomic mass is 35.5. The van der Waals surface area contributed by atoms with Crippen LogP contribution >= 0.6 is 11.6 Å². The van der Waals surface area contributed by atoms with E-state index in [9.17, 15) is 4.79 Å². The second kappa shape index (κ2) is 7.15. The Morgan fingerprint density at radius 3 is 2.45 bits per heavy atom. The minimum atomic E-state index is 0.736. The number of carbonyl (C=O) groups excluding carboxylic acids is 1. The molecule has 2 nitrogen and oxygen atoms in total. The summed E-state index contributed by atoms with van der Waals surface area (Å²) in [4.78, 5) is 11.3. The Morgan fingerprint density at radius 1 is 1.05 bits per heavy atom. The first-order valence-corrected chi connectivity index (χ1v) is 8.52. The fourth-order valence-electron chi connectivity index (χ4n) is 3.46. The average Bonchev–Trinajstić information content (AvgIpc) is 2.92. The Labute approximate surface area is 137 Å². The lowest BCUT2D eigenvalue weighted by molar-refractivity contribution is 0.111. The zero-order valence-electron chi connectivity index (χ0n) is 12.8. The van der Waals surface area contributed by atoms with Gasteiger partial charge in [-0.15, -0.1) is 0 Å². The number of carbonyl (C=O) groups is 1. The summed E-state index contributed by atoms with van der Waals surface area (Å²) < 4.78 is 2.16.